The molecular weight excluding hydrogens is 151 g/mol. The second-order valence-corrected chi connectivity index (χ2v) is 1.53. The molecule has 0 spiro atoms. The molecule has 0 aliphatic carbocycles. The highest BCUT2D eigenvalue weighted by Crippen LogP contribution is 2.13. The van der Waals surface area contributed by atoms with Crippen LogP contribution in [0.25, 0.3) is 0 Å². The van der Waals surface area contributed by atoms with Gasteiger partial charge in [0.05, 0.1) is 0 Å². The Morgan fingerprint density at radius 1 is 1.30 bits per heavy atom. The van der Waals surface area contributed by atoms with Crippen LogP contribution in [-0.2, 0) is 0 Å². The highest BCUT2D eigenvalue weighted by molar-refractivity contribution is 5.95. The molecule has 1 heterocycles. The van der Waals surface area contributed by atoms with E-state index in [1.54, 1.807) is 10.9 Å². The Labute approximate surface area is 53.1 Å². The van der Waals surface area contributed by atoms with Gasteiger partial charge in [-0.15, -0.1) is 10.9 Å². The molecule has 0 radical (unpaired) electrons. The third-order valence-electron chi connectivity index (χ3n) is 0.779. The first-order chi connectivity index (χ1) is 4.50. The predicted molar refractivity (Wildman–Crippen MR) is 27.1 cm³/mol. The number of amidine groups is 2. The maximum absolute atomic E-state index is 11.6. The topological polar surface area (TPSA) is 58.4 Å². The summed E-state index contributed by atoms with van der Waals surface area (Å²) >= 11 is 0. The zero-order chi connectivity index (χ0) is 7.78. The number of aliphatic hydroxyl groups is 1. The minimum atomic E-state index is -4.54. The van der Waals surface area contributed by atoms with Gasteiger partial charge in [-0.05, 0) is 0 Å². The third-order valence-corrected chi connectivity index (χ3v) is 0.779. The molecule has 0 saturated heterocycles. The Bertz CT molecular complexity index is 214. The summed E-state index contributed by atoms with van der Waals surface area (Å²) in [6, 6.07) is -0.785. The quantitative estimate of drug-likeness (QED) is 0.394. The maximum Gasteiger partial charge on any atom is 0.515 e. The van der Waals surface area contributed by atoms with E-state index in [4.69, 9.17) is 5.11 Å². The van der Waals surface area contributed by atoms with Gasteiger partial charge in [0, 0.05) is 0 Å². The molecule has 0 bridgehead atoms. The van der Waals surface area contributed by atoms with Crippen LogP contribution in [-0.4, -0.2) is 23.1 Å². The van der Waals surface area contributed by atoms with Crippen molar-refractivity contribution < 1.29 is 18.3 Å². The first-order valence-corrected chi connectivity index (χ1v) is 2.24. The molecule has 56 valence electrons. The minimum absolute atomic E-state index is 0.785. The van der Waals surface area contributed by atoms with Crippen molar-refractivity contribution in [1.29, 1.82) is 0 Å². The fourth-order valence-electron chi connectivity index (χ4n) is 0.411. The highest BCUT2D eigenvalue weighted by atomic mass is 19.4. The summed E-state index contributed by atoms with van der Waals surface area (Å²) in [6.45, 7) is 0. The first kappa shape index (κ1) is 6.76. The molecule has 3 N–H and O–H groups in total. The molecule has 4 nitrogen and oxygen atoms in total. The zero-order valence-electron chi connectivity index (χ0n) is 4.53. The summed E-state index contributed by atoms with van der Waals surface area (Å²) in [5.41, 5.74) is 3.41. The fraction of sp³-hybridized carbons (Fsp3) is 0.333. The lowest BCUT2D eigenvalue weighted by molar-refractivity contribution is -0.0618. The number of halogens is 3. The summed E-state index contributed by atoms with van der Waals surface area (Å²) in [7, 11) is 0. The van der Waals surface area contributed by atoms with E-state index in [0.717, 1.165) is 0 Å². The molecule has 10 heavy (non-hydrogen) atoms. The van der Waals surface area contributed by atoms with Crippen LogP contribution in [0.4, 0.5) is 13.2 Å². The largest absolute Gasteiger partial charge is 0.515 e. The van der Waals surface area contributed by atoms with Crippen LogP contribution in [0.15, 0.2) is 0 Å². The lowest BCUT2D eigenvalue weighted by atomic mass is 10.6. The summed E-state index contributed by atoms with van der Waals surface area (Å²) in [5, 5.41) is 8.32. The van der Waals surface area contributed by atoms with Crippen molar-refractivity contribution in [3.63, 3.8) is 0 Å². The molecule has 1 rings (SSSR count). The van der Waals surface area contributed by atoms with Crippen molar-refractivity contribution in [2.45, 2.75) is 6.18 Å². The molecule has 0 saturated carbocycles. The Balaban J connectivity index is 2.87. The molecule has 1 aliphatic rings. The number of nitrogens with one attached hydrogen (secondary N) is 2. The summed E-state index contributed by atoms with van der Waals surface area (Å²) in [5.74, 6) is -1.25. The van der Waals surface area contributed by atoms with E-state index in [1.165, 1.54) is 0 Å². The Kier molecular flexibility index (Phi) is 1.22. The zero-order valence-corrected chi connectivity index (χ0v) is 4.53. The lowest BCUT2D eigenvalue weighted by Crippen LogP contribution is -2.42. The summed E-state index contributed by atoms with van der Waals surface area (Å²) < 4.78 is 37.4. The van der Waals surface area contributed by atoms with Gasteiger partial charge >= 0.3 is 18.0 Å². The predicted octanol–water partition coefficient (Wildman–Crippen LogP) is -0.964. The van der Waals surface area contributed by atoms with Crippen LogP contribution in [0.5, 0.6) is 0 Å². The number of nitrogens with zero attached hydrogens (tertiary/aromatic N) is 1. The average Bonchev–Trinajstić information content (AvgIpc) is 2.11. The van der Waals surface area contributed by atoms with E-state index < -0.39 is 18.0 Å². The number of hydrogen-bond donors (Lipinski definition) is 3. The van der Waals surface area contributed by atoms with Gasteiger partial charge in [0.1, 0.15) is 0 Å². The monoisotopic (exact) mass is 154 g/mol. The van der Waals surface area contributed by atoms with Crippen molar-refractivity contribution in [2.24, 2.45) is 0 Å². The molecule has 0 atom stereocenters. The molecule has 0 amide bonds. The van der Waals surface area contributed by atoms with Crippen LogP contribution >= 0.6 is 0 Å². The van der Waals surface area contributed by atoms with Gasteiger partial charge in [-0.1, -0.05) is 0 Å². The summed E-state index contributed by atoms with van der Waals surface area (Å²) in [4.78, 5) is 0. The van der Waals surface area contributed by atoms with Crippen molar-refractivity contribution in [3.05, 3.63) is 0 Å². The number of alkyl halides is 3. The number of hydrazine groups is 1. The van der Waals surface area contributed by atoms with E-state index >= 15 is 0 Å². The summed E-state index contributed by atoms with van der Waals surface area (Å²) in [6.07, 6.45) is -4.54. The standard InChI is InChI=1S/C3H2F3N3O/c4-3(5,6)1-7-2(10)9-8-1/h(H2,7,8,9,10)/p+1. The Morgan fingerprint density at radius 2 is 1.90 bits per heavy atom. The molecule has 0 aromatic carbocycles. The second-order valence-electron chi connectivity index (χ2n) is 1.53. The first-order valence-electron chi connectivity index (χ1n) is 2.24. The van der Waals surface area contributed by atoms with Crippen molar-refractivity contribution >= 4 is 11.9 Å². The van der Waals surface area contributed by atoms with Crippen molar-refractivity contribution in [2.75, 3.05) is 0 Å². The smallest absolute Gasteiger partial charge is 0.445 e. The van der Waals surface area contributed by atoms with Crippen molar-refractivity contribution in [1.82, 2.24) is 15.5 Å². The maximum atomic E-state index is 11.6. The van der Waals surface area contributed by atoms with E-state index in [-0.39, 0.29) is 0 Å². The van der Waals surface area contributed by atoms with Gasteiger partial charge < -0.3 is 5.11 Å². The lowest BCUT2D eigenvalue weighted by Gasteiger charge is -1.95. The molecule has 0 fully saturated rings. The van der Waals surface area contributed by atoms with Crippen molar-refractivity contribution in [3.8, 4) is 0 Å². The molecule has 0 unspecified atom stereocenters. The van der Waals surface area contributed by atoms with Gasteiger partial charge in [-0.25, -0.2) is 0 Å². The molecule has 7 heteroatoms. The van der Waals surface area contributed by atoms with Crippen LogP contribution in [0, 0.1) is 0 Å². The fourth-order valence-corrected chi connectivity index (χ4v) is 0.411. The van der Waals surface area contributed by atoms with Crippen LogP contribution in [0.1, 0.15) is 0 Å². The SMILES string of the molecule is OC1=[N+]=C(C(F)(F)F)NN1. The number of aliphatic hydroxyl groups excluding tert-OH is 1. The average molecular weight is 154 g/mol. The van der Waals surface area contributed by atoms with E-state index in [9.17, 15) is 13.2 Å². The van der Waals surface area contributed by atoms with Gasteiger partial charge in [-0.3, -0.25) is 0 Å². The third kappa shape index (κ3) is 1.14. The number of hydrogen-bond acceptors (Lipinski definition) is 2. The highest BCUT2D eigenvalue weighted by Gasteiger charge is 2.46. The molecule has 0 aromatic heterocycles. The minimum Gasteiger partial charge on any atom is -0.445 e. The second kappa shape index (κ2) is 1.81. The molecule has 1 aliphatic heterocycles. The van der Waals surface area contributed by atoms with E-state index in [1.807, 2.05) is 0 Å². The van der Waals surface area contributed by atoms with Gasteiger partial charge in [0.25, 0.3) is 0 Å². The van der Waals surface area contributed by atoms with Gasteiger partial charge in [-0.2, -0.15) is 17.8 Å². The normalized spacial score (nSPS) is 17.1. The van der Waals surface area contributed by atoms with Crippen LogP contribution < -0.4 is 15.5 Å². The van der Waals surface area contributed by atoms with Crippen LogP contribution in [0.2, 0.25) is 0 Å². The van der Waals surface area contributed by atoms with Crippen LogP contribution in [0.3, 0.4) is 0 Å². The number of rotatable bonds is 0. The molecule has 0 aromatic rings. The Morgan fingerprint density at radius 3 is 2.10 bits per heavy atom. The van der Waals surface area contributed by atoms with E-state index in [2.05, 4.69) is 4.67 Å². The van der Waals surface area contributed by atoms with E-state index in [0.29, 0.717) is 0 Å². The van der Waals surface area contributed by atoms with Gasteiger partial charge in [0.2, 0.25) is 0 Å². The van der Waals surface area contributed by atoms with Gasteiger partial charge in [0.15, 0.2) is 0 Å². The molecular formula is C3H3F3N3O+. The Hall–Kier alpha value is -1.36.